The lowest BCUT2D eigenvalue weighted by Crippen LogP contribution is -2.39. The van der Waals surface area contributed by atoms with Gasteiger partial charge in [-0.25, -0.2) is 4.98 Å². The van der Waals surface area contributed by atoms with Crippen LogP contribution in [0, 0.1) is 5.92 Å². The first-order valence-electron chi connectivity index (χ1n) is 9.01. The van der Waals surface area contributed by atoms with Crippen molar-refractivity contribution in [2.45, 2.75) is 32.2 Å². The van der Waals surface area contributed by atoms with Gasteiger partial charge in [0.1, 0.15) is 5.65 Å². The predicted molar refractivity (Wildman–Crippen MR) is 98.4 cm³/mol. The standard InChI is InChI=1S/C21H23N3O/c1-16(18-9-3-2-4-10-18)24(15-17-7-5-8-17)21(25)19-11-6-13-23-14-12-22-20(19)23/h2-4,6,9-14,16-17H,5,7-8,15H2,1H3. The third-order valence-corrected chi connectivity index (χ3v) is 5.34. The molecule has 1 fully saturated rings. The molecule has 0 spiro atoms. The van der Waals surface area contributed by atoms with Crippen molar-refractivity contribution < 1.29 is 4.79 Å². The van der Waals surface area contributed by atoms with Gasteiger partial charge in [0.05, 0.1) is 11.6 Å². The maximum Gasteiger partial charge on any atom is 0.258 e. The van der Waals surface area contributed by atoms with Crippen LogP contribution in [-0.2, 0) is 0 Å². The van der Waals surface area contributed by atoms with Crippen molar-refractivity contribution in [2.75, 3.05) is 6.54 Å². The van der Waals surface area contributed by atoms with E-state index in [1.165, 1.54) is 24.8 Å². The average molecular weight is 333 g/mol. The first-order chi connectivity index (χ1) is 12.2. The largest absolute Gasteiger partial charge is 0.331 e. The summed E-state index contributed by atoms with van der Waals surface area (Å²) in [5, 5.41) is 0. The minimum atomic E-state index is 0.0459. The number of benzene rings is 1. The molecule has 0 radical (unpaired) electrons. The molecule has 4 rings (SSSR count). The molecule has 2 aromatic heterocycles. The van der Waals surface area contributed by atoms with E-state index in [-0.39, 0.29) is 11.9 Å². The summed E-state index contributed by atoms with van der Waals surface area (Å²) in [6, 6.07) is 14.1. The van der Waals surface area contributed by atoms with Crippen molar-refractivity contribution in [3.05, 3.63) is 72.2 Å². The van der Waals surface area contributed by atoms with E-state index in [1.807, 2.05) is 52.0 Å². The molecule has 0 N–H and O–H groups in total. The number of nitrogens with zero attached hydrogens (tertiary/aromatic N) is 3. The molecule has 0 bridgehead atoms. The number of amides is 1. The average Bonchev–Trinajstić information content (AvgIpc) is 3.09. The highest BCUT2D eigenvalue weighted by Gasteiger charge is 2.29. The number of imidazole rings is 1. The van der Waals surface area contributed by atoms with Crippen molar-refractivity contribution in [1.29, 1.82) is 0 Å². The zero-order valence-corrected chi connectivity index (χ0v) is 14.5. The van der Waals surface area contributed by atoms with Gasteiger partial charge in [0.25, 0.3) is 5.91 Å². The Hall–Kier alpha value is -2.62. The Balaban J connectivity index is 1.69. The topological polar surface area (TPSA) is 37.6 Å². The van der Waals surface area contributed by atoms with Gasteiger partial charge in [-0.3, -0.25) is 4.79 Å². The minimum absolute atomic E-state index is 0.0459. The molecular weight excluding hydrogens is 310 g/mol. The highest BCUT2D eigenvalue weighted by atomic mass is 16.2. The molecule has 128 valence electrons. The number of aromatic nitrogens is 2. The van der Waals surface area contributed by atoms with Crippen LogP contribution in [0.2, 0.25) is 0 Å². The third-order valence-electron chi connectivity index (χ3n) is 5.34. The van der Waals surface area contributed by atoms with E-state index in [9.17, 15) is 4.79 Å². The van der Waals surface area contributed by atoms with Crippen LogP contribution in [0.15, 0.2) is 61.1 Å². The SMILES string of the molecule is CC(c1ccccc1)N(CC1CCC1)C(=O)c1cccn2ccnc12. The number of carbonyl (C=O) groups is 1. The van der Waals surface area contributed by atoms with Crippen molar-refractivity contribution in [3.8, 4) is 0 Å². The van der Waals surface area contributed by atoms with Gasteiger partial charge in [-0.15, -0.1) is 0 Å². The Bertz CT molecular complexity index is 867. The summed E-state index contributed by atoms with van der Waals surface area (Å²) >= 11 is 0. The molecular formula is C21H23N3O. The smallest absolute Gasteiger partial charge is 0.258 e. The molecule has 2 heterocycles. The van der Waals surface area contributed by atoms with E-state index >= 15 is 0 Å². The second-order valence-electron chi connectivity index (χ2n) is 6.92. The van der Waals surface area contributed by atoms with Gasteiger partial charge in [0.2, 0.25) is 0 Å². The fourth-order valence-corrected chi connectivity index (χ4v) is 3.55. The zero-order valence-electron chi connectivity index (χ0n) is 14.5. The Labute approximate surface area is 148 Å². The van der Waals surface area contributed by atoms with Crippen LogP contribution >= 0.6 is 0 Å². The van der Waals surface area contributed by atoms with Crippen molar-refractivity contribution in [1.82, 2.24) is 14.3 Å². The highest BCUT2D eigenvalue weighted by molar-refractivity contribution is 6.00. The molecule has 0 saturated heterocycles. The van der Waals surface area contributed by atoms with Crippen molar-refractivity contribution in [3.63, 3.8) is 0 Å². The first-order valence-corrected chi connectivity index (χ1v) is 9.01. The molecule has 1 unspecified atom stereocenters. The van der Waals surface area contributed by atoms with Crippen LogP contribution in [0.3, 0.4) is 0 Å². The number of carbonyl (C=O) groups excluding carboxylic acids is 1. The molecule has 1 atom stereocenters. The monoisotopic (exact) mass is 333 g/mol. The van der Waals surface area contributed by atoms with Gasteiger partial charge in [-0.2, -0.15) is 0 Å². The van der Waals surface area contributed by atoms with E-state index in [1.54, 1.807) is 6.20 Å². The summed E-state index contributed by atoms with van der Waals surface area (Å²) in [7, 11) is 0. The van der Waals surface area contributed by atoms with E-state index in [0.717, 1.165) is 12.2 Å². The Morgan fingerprint density at radius 3 is 2.72 bits per heavy atom. The van der Waals surface area contributed by atoms with Crippen LogP contribution in [0.1, 0.15) is 48.1 Å². The van der Waals surface area contributed by atoms with Gasteiger partial charge in [0.15, 0.2) is 0 Å². The maximum atomic E-state index is 13.4. The van der Waals surface area contributed by atoms with Gasteiger partial charge >= 0.3 is 0 Å². The van der Waals surface area contributed by atoms with Crippen LogP contribution in [0.4, 0.5) is 0 Å². The lowest BCUT2D eigenvalue weighted by atomic mass is 9.84. The highest BCUT2D eigenvalue weighted by Crippen LogP contribution is 2.31. The molecule has 1 aliphatic carbocycles. The molecule has 4 nitrogen and oxygen atoms in total. The molecule has 25 heavy (non-hydrogen) atoms. The van der Waals surface area contributed by atoms with Gasteiger partial charge in [0, 0.05) is 25.1 Å². The zero-order chi connectivity index (χ0) is 17.2. The fraction of sp³-hybridized carbons (Fsp3) is 0.333. The molecule has 4 heteroatoms. The molecule has 3 aromatic rings. The molecule has 1 aromatic carbocycles. The minimum Gasteiger partial charge on any atom is -0.331 e. The van der Waals surface area contributed by atoms with Crippen LogP contribution in [-0.4, -0.2) is 26.7 Å². The lowest BCUT2D eigenvalue weighted by Gasteiger charge is -2.36. The first kappa shape index (κ1) is 15.9. The van der Waals surface area contributed by atoms with E-state index in [4.69, 9.17) is 0 Å². The summed E-state index contributed by atoms with van der Waals surface area (Å²) in [5.41, 5.74) is 2.58. The van der Waals surface area contributed by atoms with Crippen LogP contribution < -0.4 is 0 Å². The Morgan fingerprint density at radius 1 is 1.20 bits per heavy atom. The van der Waals surface area contributed by atoms with Crippen LogP contribution in [0.25, 0.3) is 5.65 Å². The Morgan fingerprint density at radius 2 is 2.00 bits per heavy atom. The number of rotatable bonds is 5. The summed E-state index contributed by atoms with van der Waals surface area (Å²) in [4.78, 5) is 19.8. The van der Waals surface area contributed by atoms with E-state index in [2.05, 4.69) is 24.0 Å². The van der Waals surface area contributed by atoms with Crippen molar-refractivity contribution >= 4 is 11.6 Å². The van der Waals surface area contributed by atoms with Crippen molar-refractivity contribution in [2.24, 2.45) is 5.92 Å². The quantitative estimate of drug-likeness (QED) is 0.696. The van der Waals surface area contributed by atoms with Crippen LogP contribution in [0.5, 0.6) is 0 Å². The van der Waals surface area contributed by atoms with Gasteiger partial charge < -0.3 is 9.30 Å². The molecule has 1 amide bonds. The summed E-state index contributed by atoms with van der Waals surface area (Å²) in [5.74, 6) is 0.689. The number of pyridine rings is 1. The number of hydrogen-bond acceptors (Lipinski definition) is 2. The summed E-state index contributed by atoms with van der Waals surface area (Å²) in [6.07, 6.45) is 9.27. The van der Waals surface area contributed by atoms with E-state index < -0.39 is 0 Å². The maximum absolute atomic E-state index is 13.4. The number of hydrogen-bond donors (Lipinski definition) is 0. The fourth-order valence-electron chi connectivity index (χ4n) is 3.55. The second kappa shape index (κ2) is 6.71. The molecule has 1 saturated carbocycles. The second-order valence-corrected chi connectivity index (χ2v) is 6.92. The molecule has 0 aliphatic heterocycles. The third kappa shape index (κ3) is 3.04. The lowest BCUT2D eigenvalue weighted by molar-refractivity contribution is 0.0615. The van der Waals surface area contributed by atoms with E-state index in [0.29, 0.717) is 11.5 Å². The predicted octanol–water partition coefficient (Wildman–Crippen LogP) is 4.34. The van der Waals surface area contributed by atoms with Gasteiger partial charge in [-0.05, 0) is 43.4 Å². The Kier molecular flexibility index (Phi) is 4.26. The summed E-state index contributed by atoms with van der Waals surface area (Å²) in [6.45, 7) is 2.94. The molecule has 1 aliphatic rings. The number of fused-ring (bicyclic) bond motifs is 1. The van der Waals surface area contributed by atoms with Gasteiger partial charge in [-0.1, -0.05) is 36.8 Å². The normalized spacial score (nSPS) is 15.7. The summed E-state index contributed by atoms with van der Waals surface area (Å²) < 4.78 is 1.90.